The highest BCUT2D eigenvalue weighted by molar-refractivity contribution is 5.92. The second kappa shape index (κ2) is 8.70. The van der Waals surface area contributed by atoms with Gasteiger partial charge in [0.15, 0.2) is 23.2 Å². The van der Waals surface area contributed by atoms with Crippen molar-refractivity contribution in [3.63, 3.8) is 0 Å². The van der Waals surface area contributed by atoms with Crippen molar-refractivity contribution in [2.45, 2.75) is 19.9 Å². The number of rotatable bonds is 8. The molecule has 0 bridgehead atoms. The van der Waals surface area contributed by atoms with Crippen LogP contribution in [0.5, 0.6) is 0 Å². The Bertz CT molecular complexity index is 944. The summed E-state index contributed by atoms with van der Waals surface area (Å²) in [5.74, 6) is -4.10. The quantitative estimate of drug-likeness (QED) is 0.588. The molecular weight excluding hydrogens is 377 g/mol. The molecule has 0 spiro atoms. The van der Waals surface area contributed by atoms with Crippen molar-refractivity contribution in [3.05, 3.63) is 53.9 Å². The average molecular weight is 394 g/mol. The minimum atomic E-state index is -1.64. The monoisotopic (exact) mass is 394 g/mol. The van der Waals surface area contributed by atoms with Gasteiger partial charge in [0.1, 0.15) is 0 Å². The fourth-order valence-electron chi connectivity index (χ4n) is 2.55. The lowest BCUT2D eigenvalue weighted by atomic mass is 10.2. The molecule has 2 aromatic heterocycles. The summed E-state index contributed by atoms with van der Waals surface area (Å²) in [7, 11) is 0. The first-order valence-electron chi connectivity index (χ1n) is 8.50. The van der Waals surface area contributed by atoms with E-state index in [0.717, 1.165) is 18.6 Å². The van der Waals surface area contributed by atoms with E-state index in [9.17, 15) is 18.0 Å². The minimum Gasteiger partial charge on any atom is -0.459 e. The SMILES string of the molecule is CCCN(CC(=O)Nc1ccc(F)c(F)c1F)Cc1nnc(-c2ccco2)o1. The molecule has 0 radical (unpaired) electrons. The van der Waals surface area contributed by atoms with Crippen LogP contribution < -0.4 is 5.32 Å². The smallest absolute Gasteiger partial charge is 0.283 e. The predicted octanol–water partition coefficient (Wildman–Crippen LogP) is 3.60. The van der Waals surface area contributed by atoms with Gasteiger partial charge in [-0.25, -0.2) is 13.2 Å². The van der Waals surface area contributed by atoms with Crippen molar-refractivity contribution in [3.8, 4) is 11.7 Å². The van der Waals surface area contributed by atoms with Gasteiger partial charge in [-0.2, -0.15) is 0 Å². The Morgan fingerprint density at radius 3 is 2.71 bits per heavy atom. The molecule has 3 rings (SSSR count). The molecule has 0 unspecified atom stereocenters. The van der Waals surface area contributed by atoms with Gasteiger partial charge in [0.25, 0.3) is 5.89 Å². The fourth-order valence-corrected chi connectivity index (χ4v) is 2.55. The number of amides is 1. The molecule has 0 aliphatic carbocycles. The van der Waals surface area contributed by atoms with Crippen LogP contribution in [0, 0.1) is 17.5 Å². The van der Waals surface area contributed by atoms with E-state index in [1.54, 1.807) is 17.0 Å². The van der Waals surface area contributed by atoms with Crippen LogP contribution in [0.4, 0.5) is 18.9 Å². The van der Waals surface area contributed by atoms with E-state index in [1.807, 2.05) is 6.92 Å². The number of nitrogens with one attached hydrogen (secondary N) is 1. The average Bonchev–Trinajstić information content (AvgIpc) is 3.34. The van der Waals surface area contributed by atoms with Gasteiger partial charge < -0.3 is 14.2 Å². The maximum atomic E-state index is 13.7. The van der Waals surface area contributed by atoms with Crippen molar-refractivity contribution in [2.75, 3.05) is 18.4 Å². The molecule has 10 heteroatoms. The topological polar surface area (TPSA) is 84.4 Å². The Morgan fingerprint density at radius 2 is 2.00 bits per heavy atom. The minimum absolute atomic E-state index is 0.134. The summed E-state index contributed by atoms with van der Waals surface area (Å²) in [6.45, 7) is 2.48. The second-order valence-electron chi connectivity index (χ2n) is 5.96. The molecule has 7 nitrogen and oxygen atoms in total. The number of carbonyl (C=O) groups is 1. The molecule has 0 aliphatic heterocycles. The van der Waals surface area contributed by atoms with Gasteiger partial charge in [-0.15, -0.1) is 10.2 Å². The number of nitrogens with zero attached hydrogens (tertiary/aromatic N) is 3. The van der Waals surface area contributed by atoms with E-state index in [0.29, 0.717) is 12.3 Å². The van der Waals surface area contributed by atoms with Crippen LogP contribution in [0.25, 0.3) is 11.7 Å². The Kier molecular flexibility index (Phi) is 6.09. The Morgan fingerprint density at radius 1 is 1.18 bits per heavy atom. The van der Waals surface area contributed by atoms with Gasteiger partial charge in [-0.3, -0.25) is 9.69 Å². The van der Waals surface area contributed by atoms with E-state index >= 15 is 0 Å². The van der Waals surface area contributed by atoms with Crippen LogP contribution in [-0.2, 0) is 11.3 Å². The molecule has 0 atom stereocenters. The van der Waals surface area contributed by atoms with Crippen LogP contribution in [0.1, 0.15) is 19.2 Å². The van der Waals surface area contributed by atoms with Crippen LogP contribution >= 0.6 is 0 Å². The lowest BCUT2D eigenvalue weighted by Gasteiger charge is -2.19. The van der Waals surface area contributed by atoms with Gasteiger partial charge in [0.2, 0.25) is 11.8 Å². The highest BCUT2D eigenvalue weighted by atomic mass is 19.2. The summed E-state index contributed by atoms with van der Waals surface area (Å²) < 4.78 is 50.7. The first kappa shape index (κ1) is 19.6. The van der Waals surface area contributed by atoms with Crippen LogP contribution in [0.2, 0.25) is 0 Å². The number of aromatic nitrogens is 2. The number of furan rings is 1. The van der Waals surface area contributed by atoms with Gasteiger partial charge in [0.05, 0.1) is 25.0 Å². The van der Waals surface area contributed by atoms with Crippen LogP contribution in [0.3, 0.4) is 0 Å². The summed E-state index contributed by atoms with van der Waals surface area (Å²) in [6.07, 6.45) is 2.20. The maximum absolute atomic E-state index is 13.7. The predicted molar refractivity (Wildman–Crippen MR) is 92.5 cm³/mol. The third kappa shape index (κ3) is 4.58. The number of halogens is 3. The van der Waals surface area contributed by atoms with Gasteiger partial charge in [0, 0.05) is 0 Å². The van der Waals surface area contributed by atoms with Gasteiger partial charge in [-0.1, -0.05) is 6.92 Å². The van der Waals surface area contributed by atoms with E-state index in [2.05, 4.69) is 15.5 Å². The molecular formula is C18H17F3N4O3. The first-order chi connectivity index (χ1) is 13.5. The molecule has 0 saturated carbocycles. The molecule has 1 aromatic carbocycles. The molecule has 148 valence electrons. The zero-order valence-corrected chi connectivity index (χ0v) is 14.9. The standard InChI is InChI=1S/C18H17F3N4O3/c1-2-7-25(10-15-23-24-18(28-15)13-4-3-8-27-13)9-14(26)22-12-6-5-11(19)16(20)17(12)21/h3-6,8H,2,7,9-10H2,1H3,(H,22,26). The van der Waals surface area contributed by atoms with Gasteiger partial charge >= 0.3 is 0 Å². The van der Waals surface area contributed by atoms with Gasteiger partial charge in [-0.05, 0) is 37.2 Å². The molecule has 2 heterocycles. The molecule has 0 aliphatic rings. The van der Waals surface area contributed by atoms with Crippen LogP contribution in [0.15, 0.2) is 39.4 Å². The van der Waals surface area contributed by atoms with E-state index < -0.39 is 29.0 Å². The molecule has 0 fully saturated rings. The summed E-state index contributed by atoms with van der Waals surface area (Å²) in [6, 6.07) is 5.06. The largest absolute Gasteiger partial charge is 0.459 e. The summed E-state index contributed by atoms with van der Waals surface area (Å²) in [5.41, 5.74) is -0.432. The van der Waals surface area contributed by atoms with Crippen molar-refractivity contribution < 1.29 is 26.8 Å². The van der Waals surface area contributed by atoms with Crippen molar-refractivity contribution in [1.82, 2.24) is 15.1 Å². The molecule has 1 amide bonds. The number of carbonyl (C=O) groups excluding carboxylic acids is 1. The number of hydrogen-bond acceptors (Lipinski definition) is 6. The zero-order valence-electron chi connectivity index (χ0n) is 14.9. The second-order valence-corrected chi connectivity index (χ2v) is 5.96. The van der Waals surface area contributed by atoms with E-state index in [-0.39, 0.29) is 24.9 Å². The zero-order chi connectivity index (χ0) is 20.1. The molecule has 28 heavy (non-hydrogen) atoms. The van der Waals surface area contributed by atoms with Crippen molar-refractivity contribution in [2.24, 2.45) is 0 Å². The third-order valence-electron chi connectivity index (χ3n) is 3.77. The number of hydrogen-bond donors (Lipinski definition) is 1. The Balaban J connectivity index is 1.64. The van der Waals surface area contributed by atoms with Crippen LogP contribution in [-0.4, -0.2) is 34.1 Å². The maximum Gasteiger partial charge on any atom is 0.283 e. The van der Waals surface area contributed by atoms with E-state index in [4.69, 9.17) is 8.83 Å². The molecule has 0 saturated heterocycles. The normalized spacial score (nSPS) is 11.2. The van der Waals surface area contributed by atoms with E-state index in [1.165, 1.54) is 6.26 Å². The fraction of sp³-hybridized carbons (Fsp3) is 0.278. The third-order valence-corrected chi connectivity index (χ3v) is 3.77. The Hall–Kier alpha value is -3.14. The summed E-state index contributed by atoms with van der Waals surface area (Å²) in [5, 5.41) is 10.0. The molecule has 3 aromatic rings. The Labute approximate surface area is 158 Å². The van der Waals surface area contributed by atoms with Crippen molar-refractivity contribution >= 4 is 11.6 Å². The lowest BCUT2D eigenvalue weighted by Crippen LogP contribution is -2.33. The summed E-state index contributed by atoms with van der Waals surface area (Å²) in [4.78, 5) is 13.9. The molecule has 1 N–H and O–H groups in total. The lowest BCUT2D eigenvalue weighted by molar-refractivity contribution is -0.117. The van der Waals surface area contributed by atoms with Crippen molar-refractivity contribution in [1.29, 1.82) is 0 Å². The first-order valence-corrected chi connectivity index (χ1v) is 8.50. The summed E-state index contributed by atoms with van der Waals surface area (Å²) >= 11 is 0. The highest BCUT2D eigenvalue weighted by Crippen LogP contribution is 2.20. The highest BCUT2D eigenvalue weighted by Gasteiger charge is 2.19. The number of anilines is 1. The number of benzene rings is 1.